The van der Waals surface area contributed by atoms with Crippen LogP contribution in [0.5, 0.6) is 0 Å². The van der Waals surface area contributed by atoms with Crippen LogP contribution in [-0.2, 0) is 11.2 Å². The van der Waals surface area contributed by atoms with Crippen LogP contribution in [0.4, 0.5) is 0 Å². The average molecular weight is 248 g/mol. The molecule has 3 heteroatoms. The van der Waals surface area contributed by atoms with E-state index in [0.29, 0.717) is 12.3 Å². The summed E-state index contributed by atoms with van der Waals surface area (Å²) in [5.41, 5.74) is 7.12. The summed E-state index contributed by atoms with van der Waals surface area (Å²) in [5, 5.41) is 2.95. The molecule has 1 aromatic rings. The molecule has 0 aromatic heterocycles. The second-order valence-electron chi connectivity index (χ2n) is 5.17. The van der Waals surface area contributed by atoms with Crippen molar-refractivity contribution in [2.75, 3.05) is 0 Å². The number of nitrogens with two attached hydrogens (primary N) is 1. The molecule has 18 heavy (non-hydrogen) atoms. The fourth-order valence-corrected chi connectivity index (χ4v) is 1.60. The third-order valence-corrected chi connectivity index (χ3v) is 3.29. The standard InChI is InChI=1S/C15H24N2O/c1-11(2)12(3)17-15(18)14(16)10-9-13-7-5-4-6-8-13/h4-8,11-12,14H,9-10,16H2,1-3H3,(H,17,18). The van der Waals surface area contributed by atoms with Gasteiger partial charge in [-0.1, -0.05) is 44.2 Å². The van der Waals surface area contributed by atoms with Gasteiger partial charge >= 0.3 is 0 Å². The summed E-state index contributed by atoms with van der Waals surface area (Å²) in [6.45, 7) is 6.17. The molecule has 1 amide bonds. The third kappa shape index (κ3) is 4.88. The van der Waals surface area contributed by atoms with Crippen molar-refractivity contribution in [1.82, 2.24) is 5.32 Å². The molecule has 0 radical (unpaired) electrons. The number of amides is 1. The van der Waals surface area contributed by atoms with Gasteiger partial charge in [0.25, 0.3) is 0 Å². The van der Waals surface area contributed by atoms with Gasteiger partial charge in [-0.25, -0.2) is 0 Å². The number of hydrogen-bond acceptors (Lipinski definition) is 2. The Morgan fingerprint density at radius 2 is 1.83 bits per heavy atom. The summed E-state index contributed by atoms with van der Waals surface area (Å²) in [6, 6.07) is 9.85. The summed E-state index contributed by atoms with van der Waals surface area (Å²) in [7, 11) is 0. The van der Waals surface area contributed by atoms with Crippen LogP contribution < -0.4 is 11.1 Å². The minimum Gasteiger partial charge on any atom is -0.352 e. The van der Waals surface area contributed by atoms with E-state index in [9.17, 15) is 4.79 Å². The van der Waals surface area contributed by atoms with Crippen molar-refractivity contribution >= 4 is 5.91 Å². The van der Waals surface area contributed by atoms with Gasteiger partial charge in [0.1, 0.15) is 0 Å². The molecule has 0 heterocycles. The minimum atomic E-state index is -0.425. The Kier molecular flexibility index (Phi) is 5.86. The van der Waals surface area contributed by atoms with E-state index < -0.39 is 6.04 Å². The number of rotatable bonds is 6. The molecule has 1 rings (SSSR count). The Balaban J connectivity index is 2.36. The molecule has 0 saturated heterocycles. The van der Waals surface area contributed by atoms with Crippen molar-refractivity contribution < 1.29 is 4.79 Å². The summed E-state index contributed by atoms with van der Waals surface area (Å²) >= 11 is 0. The molecular formula is C15H24N2O. The first kappa shape index (κ1) is 14.7. The molecule has 100 valence electrons. The molecule has 0 aliphatic carbocycles. The van der Waals surface area contributed by atoms with E-state index in [1.54, 1.807) is 0 Å². The van der Waals surface area contributed by atoms with E-state index in [1.165, 1.54) is 5.56 Å². The largest absolute Gasteiger partial charge is 0.352 e. The lowest BCUT2D eigenvalue weighted by Gasteiger charge is -2.20. The predicted molar refractivity (Wildman–Crippen MR) is 75.2 cm³/mol. The fraction of sp³-hybridized carbons (Fsp3) is 0.533. The minimum absolute atomic E-state index is 0.0490. The molecule has 3 nitrogen and oxygen atoms in total. The first-order chi connectivity index (χ1) is 8.50. The summed E-state index contributed by atoms with van der Waals surface area (Å²) in [5.74, 6) is 0.377. The zero-order valence-electron chi connectivity index (χ0n) is 11.5. The smallest absolute Gasteiger partial charge is 0.237 e. The lowest BCUT2D eigenvalue weighted by atomic mass is 10.0. The zero-order chi connectivity index (χ0) is 13.5. The second kappa shape index (κ2) is 7.17. The highest BCUT2D eigenvalue weighted by Crippen LogP contribution is 2.05. The normalized spacial score (nSPS) is 14.3. The molecule has 3 N–H and O–H groups in total. The van der Waals surface area contributed by atoms with E-state index in [2.05, 4.69) is 31.3 Å². The third-order valence-electron chi connectivity index (χ3n) is 3.29. The summed E-state index contributed by atoms with van der Waals surface area (Å²) < 4.78 is 0. The summed E-state index contributed by atoms with van der Waals surface area (Å²) in [6.07, 6.45) is 1.52. The van der Waals surface area contributed by atoms with Crippen molar-refractivity contribution in [2.24, 2.45) is 11.7 Å². The molecule has 2 unspecified atom stereocenters. The van der Waals surface area contributed by atoms with Crippen LogP contribution in [-0.4, -0.2) is 18.0 Å². The molecule has 2 atom stereocenters. The van der Waals surface area contributed by atoms with Gasteiger partial charge in [-0.05, 0) is 31.2 Å². The quantitative estimate of drug-likeness (QED) is 0.810. The molecule has 1 aromatic carbocycles. The van der Waals surface area contributed by atoms with Gasteiger partial charge in [0.15, 0.2) is 0 Å². The Bertz CT molecular complexity index is 362. The van der Waals surface area contributed by atoms with E-state index in [1.807, 2.05) is 25.1 Å². The summed E-state index contributed by atoms with van der Waals surface area (Å²) in [4.78, 5) is 11.8. The maximum atomic E-state index is 11.8. The number of carbonyl (C=O) groups excluding carboxylic acids is 1. The van der Waals surface area contributed by atoms with Crippen LogP contribution in [0.25, 0.3) is 0 Å². The van der Waals surface area contributed by atoms with Crippen LogP contribution in [0.3, 0.4) is 0 Å². The van der Waals surface area contributed by atoms with Gasteiger partial charge in [0, 0.05) is 6.04 Å². The van der Waals surface area contributed by atoms with Gasteiger partial charge < -0.3 is 11.1 Å². The van der Waals surface area contributed by atoms with Gasteiger partial charge in [0.2, 0.25) is 5.91 Å². The van der Waals surface area contributed by atoms with Gasteiger partial charge in [-0.2, -0.15) is 0 Å². The molecule has 0 saturated carbocycles. The number of carbonyl (C=O) groups is 1. The van der Waals surface area contributed by atoms with Crippen LogP contribution >= 0.6 is 0 Å². The van der Waals surface area contributed by atoms with Gasteiger partial charge in [-0.3, -0.25) is 4.79 Å². The van der Waals surface area contributed by atoms with E-state index in [4.69, 9.17) is 5.73 Å². The van der Waals surface area contributed by atoms with Crippen LogP contribution in [0.2, 0.25) is 0 Å². The predicted octanol–water partition coefficient (Wildman–Crippen LogP) is 2.11. The number of nitrogens with one attached hydrogen (secondary N) is 1. The lowest BCUT2D eigenvalue weighted by Crippen LogP contribution is -2.46. The van der Waals surface area contributed by atoms with Gasteiger partial charge in [0.05, 0.1) is 6.04 Å². The Labute approximate surface area is 110 Å². The van der Waals surface area contributed by atoms with Crippen LogP contribution in [0.1, 0.15) is 32.8 Å². The van der Waals surface area contributed by atoms with E-state index >= 15 is 0 Å². The Morgan fingerprint density at radius 3 is 2.39 bits per heavy atom. The van der Waals surface area contributed by atoms with Crippen LogP contribution in [0, 0.1) is 5.92 Å². The molecule has 0 bridgehead atoms. The molecule has 0 aliphatic rings. The highest BCUT2D eigenvalue weighted by atomic mass is 16.2. The first-order valence-electron chi connectivity index (χ1n) is 6.60. The highest BCUT2D eigenvalue weighted by Gasteiger charge is 2.16. The van der Waals surface area contributed by atoms with Crippen LogP contribution in [0.15, 0.2) is 30.3 Å². The second-order valence-corrected chi connectivity index (χ2v) is 5.17. The monoisotopic (exact) mass is 248 g/mol. The molecule has 0 fully saturated rings. The first-order valence-corrected chi connectivity index (χ1v) is 6.60. The topological polar surface area (TPSA) is 55.1 Å². The Morgan fingerprint density at radius 1 is 1.22 bits per heavy atom. The van der Waals surface area contributed by atoms with Gasteiger partial charge in [-0.15, -0.1) is 0 Å². The van der Waals surface area contributed by atoms with Crippen molar-refractivity contribution in [2.45, 2.75) is 45.7 Å². The molecule has 0 aliphatic heterocycles. The zero-order valence-corrected chi connectivity index (χ0v) is 11.5. The number of aryl methyl sites for hydroxylation is 1. The Hall–Kier alpha value is -1.35. The fourth-order valence-electron chi connectivity index (χ4n) is 1.60. The number of benzene rings is 1. The highest BCUT2D eigenvalue weighted by molar-refractivity contribution is 5.81. The number of hydrogen-bond donors (Lipinski definition) is 2. The van der Waals surface area contributed by atoms with Crippen molar-refractivity contribution in [3.63, 3.8) is 0 Å². The van der Waals surface area contributed by atoms with E-state index in [-0.39, 0.29) is 11.9 Å². The van der Waals surface area contributed by atoms with Crippen molar-refractivity contribution in [3.05, 3.63) is 35.9 Å². The van der Waals surface area contributed by atoms with E-state index in [0.717, 1.165) is 6.42 Å². The molecule has 0 spiro atoms. The van der Waals surface area contributed by atoms with Crippen molar-refractivity contribution in [3.8, 4) is 0 Å². The molecular weight excluding hydrogens is 224 g/mol. The maximum Gasteiger partial charge on any atom is 0.237 e. The SMILES string of the molecule is CC(C)C(C)NC(=O)C(N)CCc1ccccc1. The van der Waals surface area contributed by atoms with Crippen molar-refractivity contribution in [1.29, 1.82) is 0 Å². The average Bonchev–Trinajstić information content (AvgIpc) is 2.36. The lowest BCUT2D eigenvalue weighted by molar-refractivity contribution is -0.123. The maximum absolute atomic E-state index is 11.8.